The van der Waals surface area contributed by atoms with Crippen LogP contribution in [0.5, 0.6) is 0 Å². The molecule has 2 fully saturated rings. The highest BCUT2D eigenvalue weighted by molar-refractivity contribution is 8.00. The molecule has 6 heteroatoms. The second kappa shape index (κ2) is 8.25. The van der Waals surface area contributed by atoms with Gasteiger partial charge in [-0.1, -0.05) is 0 Å². The summed E-state index contributed by atoms with van der Waals surface area (Å²) < 4.78 is 6.11. The Balaban J connectivity index is 1.80. The molecule has 2 aliphatic rings. The number of hydrogen-bond donors (Lipinski definition) is 2. The number of ether oxygens (including phenoxy) is 1. The summed E-state index contributed by atoms with van der Waals surface area (Å²) >= 11 is 2.06. The smallest absolute Gasteiger partial charge is 0.191 e. The average Bonchev–Trinajstić information content (AvgIpc) is 2.89. The van der Waals surface area contributed by atoms with Crippen molar-refractivity contribution in [3.05, 3.63) is 0 Å². The van der Waals surface area contributed by atoms with Crippen molar-refractivity contribution >= 4 is 17.7 Å². The van der Waals surface area contributed by atoms with Gasteiger partial charge in [-0.05, 0) is 39.5 Å². The van der Waals surface area contributed by atoms with E-state index in [0.717, 1.165) is 45.3 Å². The second-order valence-electron chi connectivity index (χ2n) is 6.23. The van der Waals surface area contributed by atoms with E-state index >= 15 is 0 Å². The fraction of sp³-hybridized carbons (Fsp3) is 0.933. The van der Waals surface area contributed by atoms with Crippen LogP contribution in [0.25, 0.3) is 0 Å². The first kappa shape index (κ1) is 16.9. The van der Waals surface area contributed by atoms with Crippen molar-refractivity contribution in [1.82, 2.24) is 15.5 Å². The van der Waals surface area contributed by atoms with Gasteiger partial charge in [0, 0.05) is 30.9 Å². The van der Waals surface area contributed by atoms with Crippen LogP contribution in [-0.2, 0) is 4.74 Å². The predicted molar refractivity (Wildman–Crippen MR) is 91.3 cm³/mol. The summed E-state index contributed by atoms with van der Waals surface area (Å²) in [5, 5.41) is 6.77. The first-order valence-electron chi connectivity index (χ1n) is 8.07. The number of nitrogens with zero attached hydrogens (tertiary/aromatic N) is 2. The molecule has 2 unspecified atom stereocenters. The van der Waals surface area contributed by atoms with Crippen LogP contribution in [0, 0.1) is 0 Å². The van der Waals surface area contributed by atoms with Crippen LogP contribution in [-0.4, -0.2) is 73.8 Å². The molecule has 2 N–H and O–H groups in total. The molecule has 21 heavy (non-hydrogen) atoms. The van der Waals surface area contributed by atoms with Crippen molar-refractivity contribution in [1.29, 1.82) is 0 Å². The first-order valence-corrected chi connectivity index (χ1v) is 9.06. The Morgan fingerprint density at radius 1 is 1.48 bits per heavy atom. The molecule has 2 atom stereocenters. The van der Waals surface area contributed by atoms with E-state index in [4.69, 9.17) is 9.73 Å². The van der Waals surface area contributed by atoms with E-state index < -0.39 is 0 Å². The third kappa shape index (κ3) is 5.68. The second-order valence-corrected chi connectivity index (χ2v) is 7.92. The molecule has 5 nitrogen and oxygen atoms in total. The van der Waals surface area contributed by atoms with Crippen LogP contribution in [0.2, 0.25) is 0 Å². The molecule has 2 heterocycles. The first-order chi connectivity index (χ1) is 10.1. The van der Waals surface area contributed by atoms with Crippen LogP contribution in [0.15, 0.2) is 4.99 Å². The Morgan fingerprint density at radius 3 is 3.00 bits per heavy atom. The zero-order chi connectivity index (χ0) is 15.1. The van der Waals surface area contributed by atoms with Gasteiger partial charge < -0.3 is 20.3 Å². The highest BCUT2D eigenvalue weighted by Crippen LogP contribution is 2.37. The Kier molecular flexibility index (Phi) is 6.64. The third-order valence-electron chi connectivity index (χ3n) is 4.06. The number of aliphatic imine (C=N–C) groups is 1. The highest BCUT2D eigenvalue weighted by atomic mass is 32.2. The van der Waals surface area contributed by atoms with E-state index in [1.807, 2.05) is 0 Å². The molecular formula is C15H30N4OS. The molecule has 0 aromatic heterocycles. The molecule has 2 rings (SSSR count). The number of morpholine rings is 1. The van der Waals surface area contributed by atoms with Gasteiger partial charge in [0.25, 0.3) is 0 Å². The lowest BCUT2D eigenvalue weighted by atomic mass is 10.1. The standard InChI is InChI=1S/C15H30N4OS/c1-4-16-14(18-12-15(2)6-5-9-21-15)17-10-13-11-19(3)7-8-20-13/h13H,4-12H2,1-3H3,(H2,16,17,18). The van der Waals surface area contributed by atoms with E-state index in [1.165, 1.54) is 18.6 Å². The third-order valence-corrected chi connectivity index (χ3v) is 5.58. The summed E-state index contributed by atoms with van der Waals surface area (Å²) in [4.78, 5) is 7.09. The largest absolute Gasteiger partial charge is 0.374 e. The minimum absolute atomic E-state index is 0.254. The van der Waals surface area contributed by atoms with E-state index in [0.29, 0.717) is 4.75 Å². The summed E-state index contributed by atoms with van der Waals surface area (Å²) in [6.07, 6.45) is 2.85. The number of nitrogens with one attached hydrogen (secondary N) is 2. The Hall–Kier alpha value is -0.460. The monoisotopic (exact) mass is 314 g/mol. The minimum Gasteiger partial charge on any atom is -0.374 e. The fourth-order valence-electron chi connectivity index (χ4n) is 2.75. The molecule has 2 saturated heterocycles. The lowest BCUT2D eigenvalue weighted by Gasteiger charge is -2.30. The number of likely N-dealkylation sites (N-methyl/N-ethyl adjacent to an activating group) is 1. The highest BCUT2D eigenvalue weighted by Gasteiger charge is 2.29. The number of rotatable bonds is 5. The van der Waals surface area contributed by atoms with Gasteiger partial charge in [0.2, 0.25) is 0 Å². The van der Waals surface area contributed by atoms with Gasteiger partial charge in [0.1, 0.15) is 0 Å². The average molecular weight is 314 g/mol. The molecule has 0 spiro atoms. The summed E-state index contributed by atoms with van der Waals surface area (Å²) in [7, 11) is 2.15. The van der Waals surface area contributed by atoms with Crippen molar-refractivity contribution < 1.29 is 4.74 Å². The lowest BCUT2D eigenvalue weighted by molar-refractivity contribution is -0.0161. The van der Waals surface area contributed by atoms with Crippen LogP contribution in [0.4, 0.5) is 0 Å². The molecule has 122 valence electrons. The normalized spacial score (nSPS) is 31.4. The molecule has 0 radical (unpaired) electrons. The van der Waals surface area contributed by atoms with E-state index in [2.05, 4.69) is 48.2 Å². The van der Waals surface area contributed by atoms with Crippen molar-refractivity contribution in [3.8, 4) is 0 Å². The lowest BCUT2D eigenvalue weighted by Crippen LogP contribution is -2.48. The topological polar surface area (TPSA) is 48.9 Å². The summed E-state index contributed by atoms with van der Waals surface area (Å²) in [5.74, 6) is 2.20. The van der Waals surface area contributed by atoms with E-state index in [9.17, 15) is 0 Å². The quantitative estimate of drug-likeness (QED) is 0.589. The molecule has 0 amide bonds. The molecule has 2 aliphatic heterocycles. The van der Waals surface area contributed by atoms with Gasteiger partial charge in [-0.25, -0.2) is 0 Å². The van der Waals surface area contributed by atoms with Crippen LogP contribution in [0.1, 0.15) is 26.7 Å². The van der Waals surface area contributed by atoms with Gasteiger partial charge >= 0.3 is 0 Å². The number of hydrogen-bond acceptors (Lipinski definition) is 4. The van der Waals surface area contributed by atoms with Gasteiger partial charge in [0.05, 0.1) is 19.3 Å². The van der Waals surface area contributed by atoms with Crippen LogP contribution in [0.3, 0.4) is 0 Å². The van der Waals surface area contributed by atoms with E-state index in [1.54, 1.807) is 0 Å². The maximum Gasteiger partial charge on any atom is 0.191 e. The van der Waals surface area contributed by atoms with Crippen molar-refractivity contribution in [2.45, 2.75) is 37.5 Å². The van der Waals surface area contributed by atoms with Crippen molar-refractivity contribution in [2.24, 2.45) is 4.99 Å². The maximum atomic E-state index is 5.78. The summed E-state index contributed by atoms with van der Waals surface area (Å²) in [5.41, 5.74) is 0. The van der Waals surface area contributed by atoms with Gasteiger partial charge in [0.15, 0.2) is 5.96 Å². The Bertz CT molecular complexity index is 345. The molecule has 0 aromatic carbocycles. The number of guanidine groups is 1. The predicted octanol–water partition coefficient (Wildman–Crippen LogP) is 1.16. The minimum atomic E-state index is 0.254. The molecule has 0 aromatic rings. The molecular weight excluding hydrogens is 284 g/mol. The van der Waals surface area contributed by atoms with Gasteiger partial charge in [-0.3, -0.25) is 4.99 Å². The van der Waals surface area contributed by atoms with Crippen LogP contribution >= 0.6 is 11.8 Å². The Morgan fingerprint density at radius 2 is 2.33 bits per heavy atom. The fourth-order valence-corrected chi connectivity index (χ4v) is 3.98. The van der Waals surface area contributed by atoms with E-state index in [-0.39, 0.29) is 6.10 Å². The van der Waals surface area contributed by atoms with Crippen molar-refractivity contribution in [3.63, 3.8) is 0 Å². The maximum absolute atomic E-state index is 5.78. The SMILES string of the molecule is CCNC(=NCC1(C)CCCS1)NCC1CN(C)CCO1. The zero-order valence-electron chi connectivity index (χ0n) is 13.7. The zero-order valence-corrected chi connectivity index (χ0v) is 14.5. The van der Waals surface area contributed by atoms with Gasteiger partial charge in [-0.2, -0.15) is 11.8 Å². The van der Waals surface area contributed by atoms with Gasteiger partial charge in [-0.15, -0.1) is 0 Å². The Labute approximate surface area is 133 Å². The summed E-state index contributed by atoms with van der Waals surface area (Å²) in [6, 6.07) is 0. The van der Waals surface area contributed by atoms with Crippen molar-refractivity contribution in [2.75, 3.05) is 52.1 Å². The molecule has 0 aliphatic carbocycles. The van der Waals surface area contributed by atoms with Crippen LogP contribution < -0.4 is 10.6 Å². The summed E-state index contributed by atoms with van der Waals surface area (Å²) in [6.45, 7) is 9.87. The molecule has 0 bridgehead atoms. The number of thioether (sulfide) groups is 1. The molecule has 0 saturated carbocycles.